The molecular weight excluding hydrogens is 240 g/mol. The summed E-state index contributed by atoms with van der Waals surface area (Å²) in [7, 11) is 1.66. The minimum atomic E-state index is 0.0472. The number of amides is 1. The van der Waals surface area contributed by atoms with Gasteiger partial charge in [-0.05, 0) is 31.0 Å². The topological polar surface area (TPSA) is 50.4 Å². The number of hydrogen-bond acceptors (Lipinski definition) is 3. The van der Waals surface area contributed by atoms with Crippen molar-refractivity contribution in [2.45, 2.75) is 26.2 Å². The zero-order valence-electron chi connectivity index (χ0n) is 11.9. The molecule has 106 valence electrons. The highest BCUT2D eigenvalue weighted by Crippen LogP contribution is 2.17. The van der Waals surface area contributed by atoms with E-state index in [-0.39, 0.29) is 5.91 Å². The van der Waals surface area contributed by atoms with E-state index in [1.54, 1.807) is 7.11 Å². The average Bonchev–Trinajstić information content (AvgIpc) is 2.44. The Morgan fingerprint density at radius 1 is 1.26 bits per heavy atom. The molecule has 0 aromatic heterocycles. The Morgan fingerprint density at radius 2 is 2.05 bits per heavy atom. The molecule has 0 atom stereocenters. The van der Waals surface area contributed by atoms with Gasteiger partial charge in [0.15, 0.2) is 0 Å². The highest BCUT2D eigenvalue weighted by Gasteiger charge is 2.03. The second kappa shape index (κ2) is 9.39. The molecular formula is C15H24N2O2. The van der Waals surface area contributed by atoms with Crippen LogP contribution >= 0.6 is 0 Å². The van der Waals surface area contributed by atoms with Crippen LogP contribution in [0.5, 0.6) is 5.75 Å². The molecule has 0 saturated carbocycles. The molecule has 1 aromatic carbocycles. The first kappa shape index (κ1) is 15.5. The lowest BCUT2D eigenvalue weighted by atomic mass is 10.1. The molecule has 19 heavy (non-hydrogen) atoms. The van der Waals surface area contributed by atoms with Crippen molar-refractivity contribution in [1.29, 1.82) is 0 Å². The smallest absolute Gasteiger partial charge is 0.233 e. The first-order valence-electron chi connectivity index (χ1n) is 6.87. The molecule has 0 aliphatic rings. The van der Waals surface area contributed by atoms with Crippen molar-refractivity contribution in [2.24, 2.45) is 0 Å². The van der Waals surface area contributed by atoms with Crippen molar-refractivity contribution in [3.05, 3.63) is 29.8 Å². The Labute approximate surface area is 115 Å². The standard InChI is InChI=1S/C15H24N2O2/c1-3-4-10-16-12-15(18)17-11-9-13-7-5-6-8-14(13)19-2/h5-8,16H,3-4,9-12H2,1-2H3,(H,17,18). The lowest BCUT2D eigenvalue weighted by Gasteiger charge is -2.09. The van der Waals surface area contributed by atoms with E-state index in [0.717, 1.165) is 37.1 Å². The maximum Gasteiger partial charge on any atom is 0.233 e. The van der Waals surface area contributed by atoms with Gasteiger partial charge in [-0.1, -0.05) is 31.5 Å². The van der Waals surface area contributed by atoms with Gasteiger partial charge in [0.05, 0.1) is 13.7 Å². The summed E-state index contributed by atoms with van der Waals surface area (Å²) in [5.41, 5.74) is 1.12. The van der Waals surface area contributed by atoms with Gasteiger partial charge in [-0.25, -0.2) is 0 Å². The quantitative estimate of drug-likeness (QED) is 0.668. The van der Waals surface area contributed by atoms with E-state index >= 15 is 0 Å². The fourth-order valence-corrected chi connectivity index (χ4v) is 1.81. The first-order valence-corrected chi connectivity index (χ1v) is 6.87. The zero-order chi connectivity index (χ0) is 13.9. The number of carbonyl (C=O) groups is 1. The average molecular weight is 264 g/mol. The number of methoxy groups -OCH3 is 1. The second-order valence-corrected chi connectivity index (χ2v) is 4.44. The number of hydrogen-bond donors (Lipinski definition) is 2. The number of rotatable bonds is 9. The van der Waals surface area contributed by atoms with E-state index in [1.165, 1.54) is 0 Å². The van der Waals surface area contributed by atoms with Crippen molar-refractivity contribution in [1.82, 2.24) is 10.6 Å². The van der Waals surface area contributed by atoms with Gasteiger partial charge in [0.2, 0.25) is 5.91 Å². The van der Waals surface area contributed by atoms with Crippen molar-refractivity contribution >= 4 is 5.91 Å². The third-order valence-electron chi connectivity index (χ3n) is 2.90. The summed E-state index contributed by atoms with van der Waals surface area (Å²) in [5.74, 6) is 0.920. The molecule has 0 saturated heterocycles. The van der Waals surface area contributed by atoms with Crippen LogP contribution in [0.2, 0.25) is 0 Å². The van der Waals surface area contributed by atoms with Crippen LogP contribution in [0.4, 0.5) is 0 Å². The van der Waals surface area contributed by atoms with Crippen LogP contribution in [0, 0.1) is 0 Å². The van der Waals surface area contributed by atoms with Crippen LogP contribution in [0.1, 0.15) is 25.3 Å². The lowest BCUT2D eigenvalue weighted by Crippen LogP contribution is -2.35. The van der Waals surface area contributed by atoms with Gasteiger partial charge >= 0.3 is 0 Å². The van der Waals surface area contributed by atoms with E-state index in [9.17, 15) is 4.79 Å². The molecule has 4 nitrogen and oxygen atoms in total. The Balaban J connectivity index is 2.20. The summed E-state index contributed by atoms with van der Waals surface area (Å²) < 4.78 is 5.27. The summed E-state index contributed by atoms with van der Waals surface area (Å²) in [6, 6.07) is 7.87. The van der Waals surface area contributed by atoms with Gasteiger partial charge in [0, 0.05) is 6.54 Å². The molecule has 1 amide bonds. The summed E-state index contributed by atoms with van der Waals surface area (Å²) in [6.45, 7) is 4.06. The van der Waals surface area contributed by atoms with Gasteiger partial charge in [0.1, 0.15) is 5.75 Å². The van der Waals surface area contributed by atoms with E-state index in [0.29, 0.717) is 13.1 Å². The van der Waals surface area contributed by atoms with Crippen molar-refractivity contribution in [2.75, 3.05) is 26.7 Å². The maximum absolute atomic E-state index is 11.5. The number of benzene rings is 1. The molecule has 2 N–H and O–H groups in total. The molecule has 0 heterocycles. The van der Waals surface area contributed by atoms with E-state index < -0.39 is 0 Å². The van der Waals surface area contributed by atoms with Crippen LogP contribution in [-0.2, 0) is 11.2 Å². The number of para-hydroxylation sites is 1. The molecule has 0 unspecified atom stereocenters. The molecule has 1 aromatic rings. The molecule has 0 aliphatic heterocycles. The maximum atomic E-state index is 11.5. The second-order valence-electron chi connectivity index (χ2n) is 4.44. The van der Waals surface area contributed by atoms with Gasteiger partial charge in [0.25, 0.3) is 0 Å². The third kappa shape index (κ3) is 6.25. The van der Waals surface area contributed by atoms with E-state index in [4.69, 9.17) is 4.74 Å². The molecule has 0 spiro atoms. The molecule has 0 fully saturated rings. The Kier molecular flexibility index (Phi) is 7.66. The van der Waals surface area contributed by atoms with Crippen molar-refractivity contribution < 1.29 is 9.53 Å². The Bertz CT molecular complexity index is 380. The van der Waals surface area contributed by atoms with Crippen LogP contribution in [-0.4, -0.2) is 32.7 Å². The zero-order valence-corrected chi connectivity index (χ0v) is 11.9. The van der Waals surface area contributed by atoms with Crippen LogP contribution in [0.3, 0.4) is 0 Å². The first-order chi connectivity index (χ1) is 9.27. The predicted octanol–water partition coefficient (Wildman–Crippen LogP) is 1.74. The van der Waals surface area contributed by atoms with Crippen molar-refractivity contribution in [3.8, 4) is 5.75 Å². The minimum Gasteiger partial charge on any atom is -0.496 e. The lowest BCUT2D eigenvalue weighted by molar-refractivity contribution is -0.120. The summed E-state index contributed by atoms with van der Waals surface area (Å²) in [6.07, 6.45) is 3.03. The van der Waals surface area contributed by atoms with Crippen molar-refractivity contribution in [3.63, 3.8) is 0 Å². The summed E-state index contributed by atoms with van der Waals surface area (Å²) in [4.78, 5) is 11.5. The van der Waals surface area contributed by atoms with E-state index in [1.807, 2.05) is 24.3 Å². The minimum absolute atomic E-state index is 0.0472. The van der Waals surface area contributed by atoms with Crippen LogP contribution < -0.4 is 15.4 Å². The summed E-state index contributed by atoms with van der Waals surface area (Å²) in [5, 5.41) is 6.02. The Hall–Kier alpha value is -1.55. The molecule has 0 radical (unpaired) electrons. The molecule has 0 bridgehead atoms. The highest BCUT2D eigenvalue weighted by molar-refractivity contribution is 5.77. The molecule has 1 rings (SSSR count). The molecule has 0 aliphatic carbocycles. The fraction of sp³-hybridized carbons (Fsp3) is 0.533. The number of ether oxygens (including phenoxy) is 1. The fourth-order valence-electron chi connectivity index (χ4n) is 1.81. The Morgan fingerprint density at radius 3 is 2.79 bits per heavy atom. The molecule has 4 heteroatoms. The third-order valence-corrected chi connectivity index (χ3v) is 2.90. The largest absolute Gasteiger partial charge is 0.496 e. The van der Waals surface area contributed by atoms with Gasteiger partial charge in [-0.15, -0.1) is 0 Å². The number of unbranched alkanes of at least 4 members (excludes halogenated alkanes) is 1. The highest BCUT2D eigenvalue weighted by atomic mass is 16.5. The monoisotopic (exact) mass is 264 g/mol. The SMILES string of the molecule is CCCCNCC(=O)NCCc1ccccc1OC. The summed E-state index contributed by atoms with van der Waals surface area (Å²) >= 11 is 0. The predicted molar refractivity (Wildman–Crippen MR) is 77.5 cm³/mol. The normalized spacial score (nSPS) is 10.2. The van der Waals surface area contributed by atoms with E-state index in [2.05, 4.69) is 17.6 Å². The number of carbonyl (C=O) groups excluding carboxylic acids is 1. The van der Waals surface area contributed by atoms with Gasteiger partial charge in [-0.3, -0.25) is 4.79 Å². The van der Waals surface area contributed by atoms with Crippen LogP contribution in [0.25, 0.3) is 0 Å². The van der Waals surface area contributed by atoms with Crippen LogP contribution in [0.15, 0.2) is 24.3 Å². The number of nitrogens with one attached hydrogen (secondary N) is 2. The van der Waals surface area contributed by atoms with Gasteiger partial charge < -0.3 is 15.4 Å². The van der Waals surface area contributed by atoms with Gasteiger partial charge in [-0.2, -0.15) is 0 Å².